The van der Waals surface area contributed by atoms with Gasteiger partial charge in [0.25, 0.3) is 0 Å². The summed E-state index contributed by atoms with van der Waals surface area (Å²) in [5.74, 6) is 0.00690. The molecule has 53 heavy (non-hydrogen) atoms. The van der Waals surface area contributed by atoms with Gasteiger partial charge in [0.2, 0.25) is 0 Å². The molecule has 6 aliphatic rings. The number of likely N-dealkylation sites (N-methyl/N-ethyl adjacent to an activating group) is 1. The largest absolute Gasteiger partial charge is 0.496 e. The molecule has 2 bridgehead atoms. The minimum absolute atomic E-state index is 0.0373. The topological polar surface area (TPSA) is 108 Å². The zero-order chi connectivity index (χ0) is 37.0. The van der Waals surface area contributed by atoms with E-state index in [1.165, 1.54) is 19.6 Å². The van der Waals surface area contributed by atoms with Gasteiger partial charge in [-0.15, -0.1) is 0 Å². The lowest BCUT2D eigenvalue weighted by Gasteiger charge is -2.60. The fraction of sp³-hybridized carbons (Fsp3) is 0.535. The average Bonchev–Trinajstić information content (AvgIpc) is 3.81. The van der Waals surface area contributed by atoms with Crippen LogP contribution in [0.3, 0.4) is 0 Å². The number of benzene rings is 2. The minimum Gasteiger partial charge on any atom is -0.496 e. The third-order valence-electron chi connectivity index (χ3n) is 14.2. The number of aliphatic hydroxyl groups is 1. The highest BCUT2D eigenvalue weighted by Gasteiger charge is 2.73. The summed E-state index contributed by atoms with van der Waals surface area (Å²) in [6.07, 6.45) is 8.14. The number of aromatic amines is 1. The number of aliphatic hydroxyl groups excluding tert-OH is 1. The Labute approximate surface area is 311 Å². The lowest BCUT2D eigenvalue weighted by molar-refractivity contribution is -0.184. The van der Waals surface area contributed by atoms with Crippen LogP contribution >= 0.6 is 0 Å². The molecule has 3 aromatic rings. The SMILES string of the molecule is CCC1=CC2CN(C1)Cc1c([nH]c3ccccc13)[C@@](C(=O)OC)(c1cc3c(cc1OC)N(C)[C@H]1[C@H](O)[C@H](OC(C)=O)[C@]4(CC)C=CCN5CC[C@]31[C@@H]54)C2. The summed E-state index contributed by atoms with van der Waals surface area (Å²) in [6.45, 7) is 9.90. The van der Waals surface area contributed by atoms with Crippen LogP contribution in [0.25, 0.3) is 10.9 Å². The van der Waals surface area contributed by atoms with Gasteiger partial charge in [-0.3, -0.25) is 19.4 Å². The first-order valence-corrected chi connectivity index (χ1v) is 19.4. The van der Waals surface area contributed by atoms with E-state index in [0.717, 1.165) is 78.0 Å². The van der Waals surface area contributed by atoms with Crippen molar-refractivity contribution in [1.29, 1.82) is 0 Å². The van der Waals surface area contributed by atoms with E-state index in [4.69, 9.17) is 14.2 Å². The number of hydrogen-bond acceptors (Lipinski definition) is 9. The van der Waals surface area contributed by atoms with E-state index in [0.29, 0.717) is 25.1 Å². The van der Waals surface area contributed by atoms with Crippen molar-refractivity contribution in [2.45, 2.75) is 88.1 Å². The molecule has 2 fully saturated rings. The van der Waals surface area contributed by atoms with Gasteiger partial charge in [-0.25, -0.2) is 0 Å². The van der Waals surface area contributed by atoms with Crippen molar-refractivity contribution >= 4 is 28.5 Å². The Morgan fingerprint density at radius 1 is 1.09 bits per heavy atom. The molecule has 1 saturated heterocycles. The maximum Gasteiger partial charge on any atom is 0.322 e. The number of para-hydroxylation sites is 1. The molecule has 1 aliphatic carbocycles. The Kier molecular flexibility index (Phi) is 7.97. The fourth-order valence-corrected chi connectivity index (χ4v) is 12.3. The van der Waals surface area contributed by atoms with E-state index in [9.17, 15) is 9.90 Å². The van der Waals surface area contributed by atoms with Gasteiger partial charge in [0.05, 0.1) is 20.3 Å². The predicted octanol–water partition coefficient (Wildman–Crippen LogP) is 5.21. The van der Waals surface area contributed by atoms with Crippen LogP contribution in [-0.2, 0) is 36.4 Å². The molecule has 1 spiro atoms. The summed E-state index contributed by atoms with van der Waals surface area (Å²) in [6, 6.07) is 12.3. The molecule has 1 saturated carbocycles. The number of hydrogen-bond donors (Lipinski definition) is 2. The third-order valence-corrected chi connectivity index (χ3v) is 14.2. The molecular formula is C43H52N4O6. The molecule has 0 amide bonds. The van der Waals surface area contributed by atoms with Gasteiger partial charge >= 0.3 is 11.9 Å². The number of anilines is 1. The summed E-state index contributed by atoms with van der Waals surface area (Å²) in [4.78, 5) is 38.8. The molecule has 6 heterocycles. The molecule has 9 atom stereocenters. The summed E-state index contributed by atoms with van der Waals surface area (Å²) >= 11 is 0. The van der Waals surface area contributed by atoms with Crippen molar-refractivity contribution in [2.75, 3.05) is 52.3 Å². The Morgan fingerprint density at radius 3 is 2.64 bits per heavy atom. The first-order chi connectivity index (χ1) is 25.6. The van der Waals surface area contributed by atoms with E-state index >= 15 is 4.79 Å². The molecule has 10 nitrogen and oxygen atoms in total. The van der Waals surface area contributed by atoms with Crippen LogP contribution in [0.5, 0.6) is 5.75 Å². The molecule has 2 N–H and O–H groups in total. The minimum atomic E-state index is -1.22. The number of nitrogens with one attached hydrogen (secondary N) is 1. The number of ether oxygens (including phenoxy) is 3. The molecule has 2 aromatic carbocycles. The van der Waals surface area contributed by atoms with Crippen LogP contribution in [0.4, 0.5) is 5.69 Å². The smallest absolute Gasteiger partial charge is 0.322 e. The lowest BCUT2D eigenvalue weighted by atomic mass is 9.51. The number of esters is 2. The Balaban J connectivity index is 1.34. The van der Waals surface area contributed by atoms with Gasteiger partial charge in [0.15, 0.2) is 0 Å². The van der Waals surface area contributed by atoms with Crippen LogP contribution < -0.4 is 9.64 Å². The van der Waals surface area contributed by atoms with Gasteiger partial charge in [-0.05, 0) is 61.4 Å². The molecule has 1 aromatic heterocycles. The molecule has 280 valence electrons. The fourth-order valence-electron chi connectivity index (χ4n) is 12.3. The zero-order valence-corrected chi connectivity index (χ0v) is 31.8. The Bertz CT molecular complexity index is 2070. The normalized spacial score (nSPS) is 35.4. The predicted molar refractivity (Wildman–Crippen MR) is 203 cm³/mol. The van der Waals surface area contributed by atoms with Crippen molar-refractivity contribution in [3.05, 3.63) is 82.6 Å². The maximum absolute atomic E-state index is 15.1. The van der Waals surface area contributed by atoms with Crippen LogP contribution in [0, 0.1) is 11.3 Å². The lowest BCUT2D eigenvalue weighted by Crippen LogP contribution is -2.74. The number of carbonyl (C=O) groups is 2. The number of aromatic nitrogens is 1. The van der Waals surface area contributed by atoms with Gasteiger partial charge in [0.1, 0.15) is 23.4 Å². The maximum atomic E-state index is 15.1. The second-order valence-electron chi connectivity index (χ2n) is 16.4. The van der Waals surface area contributed by atoms with E-state index in [-0.39, 0.29) is 29.9 Å². The standard InChI is InChI=1S/C43H52N4O6/c1-7-26-18-27-21-43(40(50)52-6,36-29(24-46(22-26)23-27)28-12-9-10-13-32(28)44-36)31-19-30-33(20-34(31)51-5)45(4)37-35(49)38(53-25(3)48)41(8-2)14-11-16-47-17-15-42(30,37)39(41)47/h9-14,18-20,27,35,37-39,44,49H,7-8,15-17,21-24H2,1-6H3/t27?,35-,37-,38-,39-,41-,42-,43-/m0/s1. The van der Waals surface area contributed by atoms with Gasteiger partial charge in [-0.2, -0.15) is 0 Å². The molecular weight excluding hydrogens is 668 g/mol. The molecule has 10 heteroatoms. The molecule has 0 radical (unpaired) electrons. The van der Waals surface area contributed by atoms with Crippen molar-refractivity contribution in [2.24, 2.45) is 11.3 Å². The van der Waals surface area contributed by atoms with E-state index in [1.807, 2.05) is 13.1 Å². The third kappa shape index (κ3) is 4.49. The number of nitrogens with zero attached hydrogens (tertiary/aromatic N) is 3. The average molecular weight is 721 g/mol. The highest BCUT2D eigenvalue weighted by Crippen LogP contribution is 2.66. The quantitative estimate of drug-likeness (QED) is 0.262. The molecule has 5 aliphatic heterocycles. The highest BCUT2D eigenvalue weighted by atomic mass is 16.6. The Hall–Kier alpha value is -4.12. The van der Waals surface area contributed by atoms with E-state index in [1.54, 1.807) is 7.11 Å². The first-order valence-electron chi connectivity index (χ1n) is 19.4. The number of rotatable bonds is 6. The van der Waals surface area contributed by atoms with Crippen molar-refractivity contribution < 1.29 is 28.9 Å². The second kappa shape index (κ2) is 12.2. The first kappa shape index (κ1) is 34.6. The number of fused-ring (bicyclic) bond motifs is 6. The summed E-state index contributed by atoms with van der Waals surface area (Å²) < 4.78 is 18.4. The highest BCUT2D eigenvalue weighted by molar-refractivity contribution is 5.94. The van der Waals surface area contributed by atoms with Crippen molar-refractivity contribution in [1.82, 2.24) is 14.8 Å². The van der Waals surface area contributed by atoms with Crippen LogP contribution in [-0.4, -0.2) is 104 Å². The summed E-state index contributed by atoms with van der Waals surface area (Å²) in [5, 5.41) is 13.6. The van der Waals surface area contributed by atoms with E-state index in [2.05, 4.69) is 82.1 Å². The zero-order valence-electron chi connectivity index (χ0n) is 31.8. The molecule has 9 rings (SSSR count). The van der Waals surface area contributed by atoms with Gasteiger partial charge in [-0.1, -0.05) is 55.8 Å². The van der Waals surface area contributed by atoms with Gasteiger partial charge in [0, 0.05) is 90.9 Å². The van der Waals surface area contributed by atoms with Crippen molar-refractivity contribution in [3.63, 3.8) is 0 Å². The van der Waals surface area contributed by atoms with Crippen LogP contribution in [0.1, 0.15) is 68.8 Å². The van der Waals surface area contributed by atoms with Crippen LogP contribution in [0.15, 0.2) is 60.2 Å². The van der Waals surface area contributed by atoms with Crippen molar-refractivity contribution in [3.8, 4) is 5.75 Å². The Morgan fingerprint density at radius 2 is 1.91 bits per heavy atom. The van der Waals surface area contributed by atoms with Crippen LogP contribution in [0.2, 0.25) is 0 Å². The number of carbonyl (C=O) groups excluding carboxylic acids is 2. The second-order valence-corrected chi connectivity index (χ2v) is 16.4. The van der Waals surface area contributed by atoms with Gasteiger partial charge < -0.3 is 29.2 Å². The number of H-pyrrole nitrogens is 1. The number of methoxy groups -OCH3 is 2. The molecule has 2 unspecified atom stereocenters. The summed E-state index contributed by atoms with van der Waals surface area (Å²) in [7, 11) is 5.22. The monoisotopic (exact) mass is 720 g/mol. The summed E-state index contributed by atoms with van der Waals surface area (Å²) in [5.41, 5.74) is 4.89. The van der Waals surface area contributed by atoms with E-state index < -0.39 is 28.5 Å².